The quantitative estimate of drug-likeness (QED) is 0.695. The summed E-state index contributed by atoms with van der Waals surface area (Å²) in [4.78, 5) is 26.3. The van der Waals surface area contributed by atoms with Crippen molar-refractivity contribution in [1.29, 1.82) is 0 Å². The number of carbonyl (C=O) groups is 1. The fraction of sp³-hybridized carbons (Fsp3) is 0.556. The van der Waals surface area contributed by atoms with Crippen molar-refractivity contribution in [2.45, 2.75) is 39.0 Å². The minimum absolute atomic E-state index is 0.218. The van der Waals surface area contributed by atoms with Crippen LogP contribution in [0.25, 0.3) is 15.9 Å². The molecule has 0 spiro atoms. The van der Waals surface area contributed by atoms with Crippen molar-refractivity contribution in [3.63, 3.8) is 0 Å². The maximum atomic E-state index is 12.5. The van der Waals surface area contributed by atoms with Crippen molar-refractivity contribution in [3.05, 3.63) is 22.1 Å². The molecule has 0 unspecified atom stereocenters. The summed E-state index contributed by atoms with van der Waals surface area (Å²) < 4.78 is 1.72. The number of thiophene rings is 1. The molecule has 1 N–H and O–H groups in total. The smallest absolute Gasteiger partial charge is 0.290 e. The largest absolute Gasteiger partial charge is 0.349 e. The lowest BCUT2D eigenvalue weighted by atomic mass is 9.97. The highest BCUT2D eigenvalue weighted by Gasteiger charge is 2.23. The molecule has 0 aliphatic heterocycles. The fourth-order valence-corrected chi connectivity index (χ4v) is 4.83. The Labute approximate surface area is 156 Å². The topological polar surface area (TPSA) is 75.4 Å². The van der Waals surface area contributed by atoms with E-state index in [-0.39, 0.29) is 11.7 Å². The second kappa shape index (κ2) is 6.92. The van der Waals surface area contributed by atoms with E-state index in [4.69, 9.17) is 4.98 Å². The van der Waals surface area contributed by atoms with Gasteiger partial charge in [-0.15, -0.1) is 16.4 Å². The van der Waals surface area contributed by atoms with E-state index in [0.29, 0.717) is 6.54 Å². The van der Waals surface area contributed by atoms with Crippen LogP contribution in [0.15, 0.2) is 0 Å². The summed E-state index contributed by atoms with van der Waals surface area (Å²) in [5.41, 5.74) is 2.13. The van der Waals surface area contributed by atoms with E-state index < -0.39 is 0 Å². The van der Waals surface area contributed by atoms with E-state index in [0.717, 1.165) is 47.5 Å². The van der Waals surface area contributed by atoms with Gasteiger partial charge in [0.15, 0.2) is 5.65 Å². The van der Waals surface area contributed by atoms with Crippen LogP contribution in [0, 0.1) is 6.92 Å². The molecule has 0 aromatic carbocycles. The van der Waals surface area contributed by atoms with Crippen molar-refractivity contribution in [2.75, 3.05) is 27.2 Å². The lowest BCUT2D eigenvalue weighted by Gasteiger charge is -2.10. The summed E-state index contributed by atoms with van der Waals surface area (Å²) in [6.45, 7) is 3.47. The molecule has 0 bridgehead atoms. The minimum atomic E-state index is -0.218. The van der Waals surface area contributed by atoms with Gasteiger partial charge in [0.1, 0.15) is 10.7 Å². The molecule has 1 aliphatic carbocycles. The molecule has 0 saturated heterocycles. The number of hydrogen-bond acceptors (Lipinski definition) is 6. The SMILES string of the molecule is Cc1nc2sc3c(c2c2nc(C(=O)NCCCN(C)C)nn12)CCCC3. The second-order valence-electron chi connectivity index (χ2n) is 7.13. The standard InChI is InChI=1S/C18H24N6OS/c1-11-20-18-14(12-7-4-5-8-13(12)26-18)16-21-15(22-24(11)16)17(25)19-9-6-10-23(2)3/h4-10H2,1-3H3,(H,19,25). The highest BCUT2D eigenvalue weighted by molar-refractivity contribution is 7.19. The predicted molar refractivity (Wildman–Crippen MR) is 103 cm³/mol. The molecule has 3 aromatic rings. The monoisotopic (exact) mass is 372 g/mol. The minimum Gasteiger partial charge on any atom is -0.349 e. The van der Waals surface area contributed by atoms with E-state index in [1.807, 2.05) is 21.0 Å². The van der Waals surface area contributed by atoms with Crippen LogP contribution in [0.5, 0.6) is 0 Å². The normalized spacial score (nSPS) is 14.3. The van der Waals surface area contributed by atoms with Crippen molar-refractivity contribution < 1.29 is 4.79 Å². The number of amides is 1. The van der Waals surface area contributed by atoms with Gasteiger partial charge in [-0.05, 0) is 65.2 Å². The van der Waals surface area contributed by atoms with Gasteiger partial charge in [0.25, 0.3) is 5.91 Å². The Morgan fingerprint density at radius 3 is 2.88 bits per heavy atom. The molecule has 0 fully saturated rings. The zero-order valence-corrected chi connectivity index (χ0v) is 16.3. The Morgan fingerprint density at radius 1 is 1.27 bits per heavy atom. The third kappa shape index (κ3) is 3.07. The summed E-state index contributed by atoms with van der Waals surface area (Å²) >= 11 is 1.77. The molecule has 3 heterocycles. The van der Waals surface area contributed by atoms with Gasteiger partial charge < -0.3 is 10.2 Å². The zero-order chi connectivity index (χ0) is 18.3. The maximum absolute atomic E-state index is 12.5. The first-order chi connectivity index (χ1) is 12.5. The Bertz CT molecular complexity index is 973. The number of nitrogens with zero attached hydrogens (tertiary/aromatic N) is 5. The second-order valence-corrected chi connectivity index (χ2v) is 8.22. The highest BCUT2D eigenvalue weighted by Crippen LogP contribution is 2.37. The van der Waals surface area contributed by atoms with Crippen molar-refractivity contribution >= 4 is 33.1 Å². The summed E-state index contributed by atoms with van der Waals surface area (Å²) in [7, 11) is 4.04. The molecule has 0 saturated carbocycles. The number of hydrogen-bond donors (Lipinski definition) is 1. The van der Waals surface area contributed by atoms with Gasteiger partial charge in [0, 0.05) is 11.4 Å². The van der Waals surface area contributed by atoms with E-state index >= 15 is 0 Å². The van der Waals surface area contributed by atoms with Crippen LogP contribution in [-0.2, 0) is 12.8 Å². The first kappa shape index (κ1) is 17.4. The van der Waals surface area contributed by atoms with Gasteiger partial charge in [-0.1, -0.05) is 0 Å². The third-order valence-corrected chi connectivity index (χ3v) is 6.01. The lowest BCUT2D eigenvalue weighted by molar-refractivity contribution is 0.0942. The molecule has 1 aliphatic rings. The van der Waals surface area contributed by atoms with Crippen LogP contribution in [0.2, 0.25) is 0 Å². The van der Waals surface area contributed by atoms with Crippen LogP contribution < -0.4 is 5.32 Å². The van der Waals surface area contributed by atoms with Gasteiger partial charge in [0.05, 0.1) is 5.39 Å². The molecule has 3 aromatic heterocycles. The first-order valence-corrected chi connectivity index (χ1v) is 9.97. The summed E-state index contributed by atoms with van der Waals surface area (Å²) in [5.74, 6) is 0.775. The van der Waals surface area contributed by atoms with Crippen molar-refractivity contribution in [2.24, 2.45) is 0 Å². The molecule has 26 heavy (non-hydrogen) atoms. The van der Waals surface area contributed by atoms with Crippen LogP contribution in [-0.4, -0.2) is 57.6 Å². The Balaban J connectivity index is 1.68. The average Bonchev–Trinajstić information content (AvgIpc) is 3.19. The van der Waals surface area contributed by atoms with E-state index in [1.165, 1.54) is 23.3 Å². The highest BCUT2D eigenvalue weighted by atomic mass is 32.1. The van der Waals surface area contributed by atoms with Gasteiger partial charge in [-0.3, -0.25) is 4.79 Å². The van der Waals surface area contributed by atoms with Crippen molar-refractivity contribution in [1.82, 2.24) is 29.8 Å². The van der Waals surface area contributed by atoms with Crippen LogP contribution in [0.4, 0.5) is 0 Å². The lowest BCUT2D eigenvalue weighted by Crippen LogP contribution is -2.28. The van der Waals surface area contributed by atoms with E-state index in [1.54, 1.807) is 15.9 Å². The summed E-state index contributed by atoms with van der Waals surface area (Å²) in [6, 6.07) is 0. The van der Waals surface area contributed by atoms with Crippen LogP contribution >= 0.6 is 11.3 Å². The Morgan fingerprint density at radius 2 is 2.08 bits per heavy atom. The van der Waals surface area contributed by atoms with Crippen LogP contribution in [0.1, 0.15) is 46.1 Å². The number of rotatable bonds is 5. The average molecular weight is 372 g/mol. The predicted octanol–water partition coefficient (Wildman–Crippen LogP) is 2.21. The first-order valence-electron chi connectivity index (χ1n) is 9.15. The molecule has 8 heteroatoms. The Kier molecular flexibility index (Phi) is 4.62. The molecule has 0 radical (unpaired) electrons. The number of aromatic nitrogens is 4. The fourth-order valence-electron chi connectivity index (χ4n) is 3.53. The van der Waals surface area contributed by atoms with Gasteiger partial charge >= 0.3 is 0 Å². The van der Waals surface area contributed by atoms with Gasteiger partial charge in [-0.2, -0.15) is 4.52 Å². The van der Waals surface area contributed by atoms with Crippen molar-refractivity contribution in [3.8, 4) is 0 Å². The Hall–Kier alpha value is -2.06. The number of carbonyl (C=O) groups excluding carboxylic acids is 1. The zero-order valence-electron chi connectivity index (χ0n) is 15.5. The molecule has 7 nitrogen and oxygen atoms in total. The van der Waals surface area contributed by atoms with Gasteiger partial charge in [-0.25, -0.2) is 9.97 Å². The number of nitrogens with one attached hydrogen (secondary N) is 1. The summed E-state index contributed by atoms with van der Waals surface area (Å²) in [5, 5.41) is 8.44. The molecule has 4 rings (SSSR count). The number of fused-ring (bicyclic) bond motifs is 5. The summed E-state index contributed by atoms with van der Waals surface area (Å²) in [6.07, 6.45) is 5.52. The third-order valence-electron chi connectivity index (χ3n) is 4.82. The molecule has 138 valence electrons. The van der Waals surface area contributed by atoms with Crippen LogP contribution in [0.3, 0.4) is 0 Å². The maximum Gasteiger partial charge on any atom is 0.290 e. The molecular weight excluding hydrogens is 348 g/mol. The molecule has 0 atom stereocenters. The van der Waals surface area contributed by atoms with E-state index in [2.05, 4.69) is 20.3 Å². The number of aryl methyl sites for hydroxylation is 3. The van der Waals surface area contributed by atoms with E-state index in [9.17, 15) is 4.79 Å². The van der Waals surface area contributed by atoms with Gasteiger partial charge in [0.2, 0.25) is 5.82 Å². The molecule has 1 amide bonds. The molecular formula is C18H24N6OS.